The number of hydrogen-bond donors (Lipinski definition) is 1. The molecule has 1 N–H and O–H groups in total. The number of likely N-dealkylation sites (N-methyl/N-ethyl adjacent to an activating group) is 1. The first-order valence-electron chi connectivity index (χ1n) is 8.24. The van der Waals surface area contributed by atoms with E-state index in [4.69, 9.17) is 0 Å². The van der Waals surface area contributed by atoms with E-state index in [1.807, 2.05) is 11.3 Å². The van der Waals surface area contributed by atoms with E-state index in [0.717, 1.165) is 11.8 Å². The van der Waals surface area contributed by atoms with Gasteiger partial charge in [0.15, 0.2) is 0 Å². The number of thioether (sulfide) groups is 1. The Bertz CT molecular complexity index is 369. The fourth-order valence-corrected chi connectivity index (χ4v) is 5.37. The molecule has 114 valence electrons. The van der Waals surface area contributed by atoms with Crippen LogP contribution in [0.25, 0.3) is 0 Å². The van der Waals surface area contributed by atoms with Crippen molar-refractivity contribution in [2.45, 2.75) is 70.1 Å². The van der Waals surface area contributed by atoms with Gasteiger partial charge in [-0.05, 0) is 44.4 Å². The van der Waals surface area contributed by atoms with E-state index in [-0.39, 0.29) is 0 Å². The zero-order valence-corrected chi connectivity index (χ0v) is 14.6. The second-order valence-corrected chi connectivity index (χ2v) is 8.36. The zero-order chi connectivity index (χ0) is 14.2. The summed E-state index contributed by atoms with van der Waals surface area (Å²) in [7, 11) is 0. The second-order valence-electron chi connectivity index (χ2n) is 5.77. The Labute approximate surface area is 132 Å². The molecule has 0 amide bonds. The maximum absolute atomic E-state index is 3.68. The van der Waals surface area contributed by atoms with Gasteiger partial charge in [-0.3, -0.25) is 0 Å². The largest absolute Gasteiger partial charge is 0.313 e. The Kier molecular flexibility index (Phi) is 7.47. The van der Waals surface area contributed by atoms with Gasteiger partial charge in [0.2, 0.25) is 0 Å². The molecule has 0 aliphatic heterocycles. The van der Waals surface area contributed by atoms with Gasteiger partial charge in [0.25, 0.3) is 0 Å². The van der Waals surface area contributed by atoms with Crippen LogP contribution in [0, 0.1) is 0 Å². The first-order chi connectivity index (χ1) is 9.81. The van der Waals surface area contributed by atoms with Crippen LogP contribution in [-0.4, -0.2) is 23.6 Å². The van der Waals surface area contributed by atoms with Crippen LogP contribution in [0.5, 0.6) is 0 Å². The van der Waals surface area contributed by atoms with Crippen LogP contribution in [0.1, 0.15) is 55.7 Å². The fourth-order valence-electron chi connectivity index (χ4n) is 2.93. The minimum absolute atomic E-state index is 0.648. The van der Waals surface area contributed by atoms with Gasteiger partial charge in [-0.25, -0.2) is 0 Å². The van der Waals surface area contributed by atoms with Crippen molar-refractivity contribution < 1.29 is 0 Å². The third-order valence-electron chi connectivity index (χ3n) is 4.09. The quantitative estimate of drug-likeness (QED) is 0.733. The van der Waals surface area contributed by atoms with Gasteiger partial charge in [-0.2, -0.15) is 11.8 Å². The first kappa shape index (κ1) is 16.4. The Morgan fingerprint density at radius 1 is 1.20 bits per heavy atom. The highest BCUT2D eigenvalue weighted by Crippen LogP contribution is 2.29. The fraction of sp³-hybridized carbons (Fsp3) is 0.765. The Morgan fingerprint density at radius 2 is 1.95 bits per heavy atom. The smallest absolute Gasteiger partial charge is 0.0206 e. The molecule has 1 fully saturated rings. The molecule has 1 saturated carbocycles. The average Bonchev–Trinajstić information content (AvgIpc) is 2.94. The Balaban J connectivity index is 1.79. The van der Waals surface area contributed by atoms with E-state index in [0.29, 0.717) is 6.04 Å². The van der Waals surface area contributed by atoms with Gasteiger partial charge in [-0.15, -0.1) is 11.3 Å². The molecule has 0 spiro atoms. The number of aryl methyl sites for hydroxylation is 1. The molecule has 1 aromatic heterocycles. The van der Waals surface area contributed by atoms with Crippen molar-refractivity contribution in [3.05, 3.63) is 21.9 Å². The maximum Gasteiger partial charge on any atom is 0.0206 e. The van der Waals surface area contributed by atoms with Crippen molar-refractivity contribution >= 4 is 23.1 Å². The highest BCUT2D eigenvalue weighted by Gasteiger charge is 2.17. The van der Waals surface area contributed by atoms with Crippen LogP contribution < -0.4 is 5.32 Å². The topological polar surface area (TPSA) is 12.0 Å². The summed E-state index contributed by atoms with van der Waals surface area (Å²) in [4.78, 5) is 3.08. The number of nitrogens with one attached hydrogen (secondary N) is 1. The van der Waals surface area contributed by atoms with Crippen molar-refractivity contribution in [1.82, 2.24) is 5.32 Å². The molecule has 1 atom stereocenters. The highest BCUT2D eigenvalue weighted by molar-refractivity contribution is 7.99. The Hall–Kier alpha value is 0.01000. The summed E-state index contributed by atoms with van der Waals surface area (Å²) in [5.41, 5.74) is 0. The molecular formula is C17H29NS2. The molecule has 3 heteroatoms. The summed E-state index contributed by atoms with van der Waals surface area (Å²) >= 11 is 4.22. The lowest BCUT2D eigenvalue weighted by Crippen LogP contribution is -2.33. The van der Waals surface area contributed by atoms with E-state index in [1.54, 1.807) is 4.88 Å². The van der Waals surface area contributed by atoms with Crippen LogP contribution in [0.15, 0.2) is 12.1 Å². The third kappa shape index (κ3) is 5.42. The maximum atomic E-state index is 3.68. The van der Waals surface area contributed by atoms with Gasteiger partial charge < -0.3 is 5.32 Å². The molecule has 0 bridgehead atoms. The third-order valence-corrected chi connectivity index (χ3v) is 6.88. The van der Waals surface area contributed by atoms with E-state index in [9.17, 15) is 0 Å². The second kappa shape index (κ2) is 9.11. The molecule has 20 heavy (non-hydrogen) atoms. The Morgan fingerprint density at radius 3 is 2.60 bits per heavy atom. The monoisotopic (exact) mass is 311 g/mol. The molecule has 1 aromatic rings. The summed E-state index contributed by atoms with van der Waals surface area (Å²) in [6, 6.07) is 5.28. The van der Waals surface area contributed by atoms with E-state index < -0.39 is 0 Å². The van der Waals surface area contributed by atoms with Gasteiger partial charge in [0, 0.05) is 26.8 Å². The number of rotatable bonds is 8. The highest BCUT2D eigenvalue weighted by atomic mass is 32.2. The SMILES string of the molecule is CCNC(CSC1CCCCC1)Cc1ccc(CC)s1. The molecule has 1 nitrogen and oxygen atoms in total. The van der Waals surface area contributed by atoms with Gasteiger partial charge >= 0.3 is 0 Å². The summed E-state index contributed by atoms with van der Waals surface area (Å²) in [5.74, 6) is 1.28. The lowest BCUT2D eigenvalue weighted by Gasteiger charge is -2.24. The standard InChI is InChI=1S/C17H29NS2/c1-3-15-10-11-17(20-15)12-14(18-4-2)13-19-16-8-6-5-7-9-16/h10-11,14,16,18H,3-9,12-13H2,1-2H3. The summed E-state index contributed by atoms with van der Waals surface area (Å²) in [6.07, 6.45) is 9.64. The summed E-state index contributed by atoms with van der Waals surface area (Å²) in [5, 5.41) is 4.61. The minimum atomic E-state index is 0.648. The molecule has 0 saturated heterocycles. The van der Waals surface area contributed by atoms with Gasteiger partial charge in [-0.1, -0.05) is 33.1 Å². The number of thiophene rings is 1. The van der Waals surface area contributed by atoms with E-state index >= 15 is 0 Å². The normalized spacial score (nSPS) is 18.3. The van der Waals surface area contributed by atoms with Crippen LogP contribution >= 0.6 is 23.1 Å². The van der Waals surface area contributed by atoms with Crippen molar-refractivity contribution in [3.63, 3.8) is 0 Å². The summed E-state index contributed by atoms with van der Waals surface area (Å²) < 4.78 is 0. The predicted molar refractivity (Wildman–Crippen MR) is 94.2 cm³/mol. The zero-order valence-electron chi connectivity index (χ0n) is 13.0. The van der Waals surface area contributed by atoms with Crippen LogP contribution in [-0.2, 0) is 12.8 Å². The van der Waals surface area contributed by atoms with Crippen LogP contribution in [0.2, 0.25) is 0 Å². The molecule has 2 rings (SSSR count). The van der Waals surface area contributed by atoms with Gasteiger partial charge in [0.1, 0.15) is 0 Å². The van der Waals surface area contributed by atoms with Gasteiger partial charge in [0.05, 0.1) is 0 Å². The molecular weight excluding hydrogens is 282 g/mol. The van der Waals surface area contributed by atoms with Crippen LogP contribution in [0.4, 0.5) is 0 Å². The predicted octanol–water partition coefficient (Wildman–Crippen LogP) is 4.90. The van der Waals surface area contributed by atoms with Crippen LogP contribution in [0.3, 0.4) is 0 Å². The number of hydrogen-bond acceptors (Lipinski definition) is 3. The lowest BCUT2D eigenvalue weighted by atomic mass is 10.0. The molecule has 1 unspecified atom stereocenters. The molecule has 1 aliphatic carbocycles. The molecule has 1 aliphatic rings. The van der Waals surface area contributed by atoms with Crippen molar-refractivity contribution in [2.75, 3.05) is 12.3 Å². The first-order valence-corrected chi connectivity index (χ1v) is 10.1. The molecule has 0 aromatic carbocycles. The molecule has 0 radical (unpaired) electrons. The lowest BCUT2D eigenvalue weighted by molar-refractivity contribution is 0.513. The average molecular weight is 312 g/mol. The van der Waals surface area contributed by atoms with Crippen molar-refractivity contribution in [1.29, 1.82) is 0 Å². The van der Waals surface area contributed by atoms with E-state index in [1.165, 1.54) is 55.6 Å². The minimum Gasteiger partial charge on any atom is -0.313 e. The van der Waals surface area contributed by atoms with E-state index in [2.05, 4.69) is 43.1 Å². The van der Waals surface area contributed by atoms with Crippen molar-refractivity contribution in [2.24, 2.45) is 0 Å². The molecule has 1 heterocycles. The summed E-state index contributed by atoms with van der Waals surface area (Å²) in [6.45, 7) is 5.56. The van der Waals surface area contributed by atoms with Crippen molar-refractivity contribution in [3.8, 4) is 0 Å².